The fraction of sp³-hybridized carbons (Fsp3) is 0.487. The SMILES string of the molecule is NC(=O)c1coc(-c2ccnc(N(CC(F)(F)F)c3cn(C4CCN(CC5CCN(c6ccc7c(c6)CN(C6CCC(=O)NC6=O)C7S)CC5)CC4)nc3C(F)F)c2)n1. The van der Waals surface area contributed by atoms with Gasteiger partial charge in [0.25, 0.3) is 12.3 Å². The van der Waals surface area contributed by atoms with Gasteiger partial charge in [0.1, 0.15) is 18.6 Å². The normalized spacial score (nSPS) is 21.3. The number of amides is 3. The Balaban J connectivity index is 0.882. The number of likely N-dealkylation sites (tertiary alicyclic amines) is 1. The summed E-state index contributed by atoms with van der Waals surface area (Å²) in [5.74, 6) is -1.32. The van der Waals surface area contributed by atoms with Crippen molar-refractivity contribution in [1.29, 1.82) is 0 Å². The second-order valence-corrected chi connectivity index (χ2v) is 16.0. The Morgan fingerprint density at radius 2 is 1.81 bits per heavy atom. The number of anilines is 3. The Morgan fingerprint density at radius 1 is 1.05 bits per heavy atom. The summed E-state index contributed by atoms with van der Waals surface area (Å²) in [4.78, 5) is 51.2. The molecule has 0 spiro atoms. The minimum absolute atomic E-state index is 0.107. The number of oxazole rings is 1. The van der Waals surface area contributed by atoms with Gasteiger partial charge in [-0.3, -0.25) is 29.3 Å². The molecular weight excluding hydrogens is 800 g/mol. The molecule has 314 valence electrons. The van der Waals surface area contributed by atoms with Crippen LogP contribution < -0.4 is 20.9 Å². The van der Waals surface area contributed by atoms with Crippen LogP contribution in [0, 0.1) is 5.92 Å². The molecule has 0 radical (unpaired) electrons. The molecule has 1 aromatic carbocycles. The number of aromatic nitrogens is 4. The molecular formula is C39H43F5N10O4S. The van der Waals surface area contributed by atoms with Gasteiger partial charge in [-0.05, 0) is 73.4 Å². The van der Waals surface area contributed by atoms with Crippen LogP contribution in [0.1, 0.15) is 83.7 Å². The smallest absolute Gasteiger partial charge is 0.406 e. The number of nitrogens with zero attached hydrogens (tertiary/aromatic N) is 8. The summed E-state index contributed by atoms with van der Waals surface area (Å²) in [6.07, 6.45) is -0.572. The molecule has 3 N–H and O–H groups in total. The van der Waals surface area contributed by atoms with E-state index in [2.05, 4.69) is 48.4 Å². The van der Waals surface area contributed by atoms with Crippen molar-refractivity contribution in [1.82, 2.24) is 34.9 Å². The largest absolute Gasteiger partial charge is 0.444 e. The van der Waals surface area contributed by atoms with Crippen molar-refractivity contribution in [3.63, 3.8) is 0 Å². The number of thiol groups is 1. The third kappa shape index (κ3) is 8.79. The Bertz CT molecular complexity index is 2200. The monoisotopic (exact) mass is 842 g/mol. The third-order valence-electron chi connectivity index (χ3n) is 11.7. The van der Waals surface area contributed by atoms with E-state index in [1.807, 2.05) is 4.90 Å². The molecule has 3 saturated heterocycles. The van der Waals surface area contributed by atoms with Crippen molar-refractivity contribution in [2.45, 2.75) is 75.1 Å². The molecule has 2 atom stereocenters. The molecule has 4 aromatic rings. The van der Waals surface area contributed by atoms with E-state index in [-0.39, 0.29) is 46.2 Å². The standard InChI is InChI=1S/C39H43F5N10O4S/c40-34(41)33-30(53(21-39(42,43)44)31-16-23(5-10-46-31)37-47-28(20-58-37)35(45)56)19-54(49-33)25-8-11-50(12-9-25)17-22-6-13-51(14-7-22)26-1-2-27-24(15-26)18-52(38(27)59)29-3-4-32(55)48-36(29)57/h1-2,5,10,15-16,19-20,22,25,29,34,38,59H,3-4,6-9,11-14,17-18,21H2,(H2,45,56)(H,48,55,57). The summed E-state index contributed by atoms with van der Waals surface area (Å²) in [7, 11) is 0. The number of rotatable bonds is 11. The summed E-state index contributed by atoms with van der Waals surface area (Å²) < 4.78 is 77.5. The number of halogens is 5. The number of hydrogen-bond acceptors (Lipinski definition) is 12. The highest BCUT2D eigenvalue weighted by Crippen LogP contribution is 2.42. The molecule has 7 heterocycles. The van der Waals surface area contributed by atoms with Crippen molar-refractivity contribution in [3.8, 4) is 11.5 Å². The van der Waals surface area contributed by atoms with Gasteiger partial charge < -0.3 is 24.9 Å². The van der Waals surface area contributed by atoms with Gasteiger partial charge in [-0.25, -0.2) is 18.7 Å². The minimum Gasteiger partial charge on any atom is -0.444 e. The highest BCUT2D eigenvalue weighted by molar-refractivity contribution is 7.80. The van der Waals surface area contributed by atoms with Crippen molar-refractivity contribution in [2.75, 3.05) is 49.1 Å². The topological polar surface area (TPSA) is 159 Å². The van der Waals surface area contributed by atoms with Crippen molar-refractivity contribution < 1.29 is 40.8 Å². The van der Waals surface area contributed by atoms with E-state index < -0.39 is 42.5 Å². The maximum absolute atomic E-state index is 14.5. The molecule has 4 aliphatic heterocycles. The number of alkyl halides is 5. The summed E-state index contributed by atoms with van der Waals surface area (Å²) in [6, 6.07) is 8.29. The molecule has 20 heteroatoms. The summed E-state index contributed by atoms with van der Waals surface area (Å²) in [6.45, 7) is 2.98. The quantitative estimate of drug-likeness (QED) is 0.0957. The molecule has 59 heavy (non-hydrogen) atoms. The number of nitrogens with one attached hydrogen (secondary N) is 1. The predicted molar refractivity (Wildman–Crippen MR) is 208 cm³/mol. The lowest BCUT2D eigenvalue weighted by Crippen LogP contribution is -2.51. The van der Waals surface area contributed by atoms with Crippen LogP contribution in [0.25, 0.3) is 11.5 Å². The number of fused-ring (bicyclic) bond motifs is 1. The van der Waals surface area contributed by atoms with Crippen LogP contribution in [-0.4, -0.2) is 98.8 Å². The second-order valence-electron chi connectivity index (χ2n) is 15.5. The number of carbonyl (C=O) groups is 3. The zero-order valence-corrected chi connectivity index (χ0v) is 32.7. The van der Waals surface area contributed by atoms with Crippen molar-refractivity contribution in [3.05, 3.63) is 71.5 Å². The number of benzene rings is 1. The minimum atomic E-state index is -4.79. The van der Waals surface area contributed by atoms with Crippen molar-refractivity contribution in [2.24, 2.45) is 11.7 Å². The molecule has 3 fully saturated rings. The van der Waals surface area contributed by atoms with E-state index in [9.17, 15) is 36.3 Å². The maximum atomic E-state index is 14.5. The van der Waals surface area contributed by atoms with Gasteiger partial charge in [0, 0.05) is 69.3 Å². The molecule has 8 rings (SSSR count). The van der Waals surface area contributed by atoms with Crippen LogP contribution in [0.2, 0.25) is 0 Å². The molecule has 3 amide bonds. The lowest BCUT2D eigenvalue weighted by atomic mass is 9.94. The van der Waals surface area contributed by atoms with E-state index in [1.165, 1.54) is 29.2 Å². The number of pyridine rings is 1. The number of imide groups is 1. The fourth-order valence-corrected chi connectivity index (χ4v) is 9.15. The summed E-state index contributed by atoms with van der Waals surface area (Å²) in [5.41, 5.74) is 7.34. The lowest BCUT2D eigenvalue weighted by Gasteiger charge is -2.38. The molecule has 3 aromatic heterocycles. The average molecular weight is 843 g/mol. The van der Waals surface area contributed by atoms with Crippen LogP contribution in [0.15, 0.2) is 53.4 Å². The maximum Gasteiger partial charge on any atom is 0.406 e. The van der Waals surface area contributed by atoms with Crippen LogP contribution in [-0.2, 0) is 16.1 Å². The second kappa shape index (κ2) is 16.5. The number of carbonyl (C=O) groups excluding carboxylic acids is 3. The Kier molecular flexibility index (Phi) is 11.4. The van der Waals surface area contributed by atoms with Gasteiger partial charge in [-0.2, -0.15) is 30.9 Å². The van der Waals surface area contributed by atoms with Gasteiger partial charge >= 0.3 is 6.18 Å². The van der Waals surface area contributed by atoms with E-state index in [0.717, 1.165) is 55.6 Å². The van der Waals surface area contributed by atoms with Crippen LogP contribution >= 0.6 is 12.6 Å². The zero-order chi connectivity index (χ0) is 41.6. The Labute approximate surface area is 341 Å². The molecule has 0 aliphatic carbocycles. The van der Waals surface area contributed by atoms with Gasteiger partial charge in [-0.15, -0.1) is 0 Å². The van der Waals surface area contributed by atoms with Gasteiger partial charge in [-0.1, -0.05) is 6.07 Å². The first-order chi connectivity index (χ1) is 28.2. The average Bonchev–Trinajstić information content (AvgIpc) is 3.96. The summed E-state index contributed by atoms with van der Waals surface area (Å²) in [5, 5.41) is 6.36. The number of primary amides is 1. The highest BCUT2D eigenvalue weighted by Gasteiger charge is 2.40. The van der Waals surface area contributed by atoms with Crippen LogP contribution in [0.3, 0.4) is 0 Å². The molecule has 2 unspecified atom stereocenters. The first-order valence-corrected chi connectivity index (χ1v) is 20.0. The Morgan fingerprint density at radius 3 is 2.49 bits per heavy atom. The molecule has 0 saturated carbocycles. The third-order valence-corrected chi connectivity index (χ3v) is 12.3. The molecule has 4 aliphatic rings. The lowest BCUT2D eigenvalue weighted by molar-refractivity contribution is -0.137. The van der Waals surface area contributed by atoms with Gasteiger partial charge in [0.2, 0.25) is 17.7 Å². The van der Waals surface area contributed by atoms with Crippen LogP contribution in [0.4, 0.5) is 39.1 Å². The highest BCUT2D eigenvalue weighted by atomic mass is 32.1. The van der Waals surface area contributed by atoms with E-state index in [1.54, 1.807) is 0 Å². The van der Waals surface area contributed by atoms with Crippen LogP contribution in [0.5, 0.6) is 0 Å². The number of hydrogen-bond donors (Lipinski definition) is 3. The number of nitrogens with two attached hydrogens (primary N) is 1. The van der Waals surface area contributed by atoms with Gasteiger partial charge in [0.15, 0.2) is 11.4 Å². The van der Waals surface area contributed by atoms with Crippen molar-refractivity contribution >= 4 is 47.5 Å². The first kappa shape index (κ1) is 40.7. The Hall–Kier alpha value is -5.08. The van der Waals surface area contributed by atoms with Gasteiger partial charge in [0.05, 0.1) is 23.1 Å². The predicted octanol–water partition coefficient (Wildman–Crippen LogP) is 5.77. The fourth-order valence-electron chi connectivity index (χ4n) is 8.66. The zero-order valence-electron chi connectivity index (χ0n) is 31.8. The summed E-state index contributed by atoms with van der Waals surface area (Å²) >= 11 is 4.82. The molecule has 0 bridgehead atoms. The van der Waals surface area contributed by atoms with E-state index in [4.69, 9.17) is 22.8 Å². The number of piperidine rings is 3. The van der Waals surface area contributed by atoms with E-state index >= 15 is 0 Å². The van der Waals surface area contributed by atoms with E-state index in [0.29, 0.717) is 56.1 Å². The first-order valence-electron chi connectivity index (χ1n) is 19.5. The molecule has 14 nitrogen and oxygen atoms in total.